The van der Waals surface area contributed by atoms with Gasteiger partial charge in [-0.3, -0.25) is 4.79 Å². The third-order valence-electron chi connectivity index (χ3n) is 1.62. The van der Waals surface area contributed by atoms with E-state index >= 15 is 0 Å². The topological polar surface area (TPSA) is 63.2 Å². The van der Waals surface area contributed by atoms with Gasteiger partial charge in [0.05, 0.1) is 10.1 Å². The number of hydrogen-bond acceptors (Lipinski definition) is 4. The highest BCUT2D eigenvalue weighted by Gasteiger charge is 2.17. The van der Waals surface area contributed by atoms with Crippen LogP contribution >= 0.6 is 22.9 Å². The fraction of sp³-hybridized carbons (Fsp3) is 0.375. The summed E-state index contributed by atoms with van der Waals surface area (Å²) in [6.07, 6.45) is 0. The molecule has 0 spiro atoms. The largest absolute Gasteiger partial charge is 0.358 e. The molecule has 0 aromatic carbocycles. The minimum Gasteiger partial charge on any atom is -0.358 e. The summed E-state index contributed by atoms with van der Waals surface area (Å²) in [4.78, 5) is 11.6. The molecule has 0 saturated carbocycles. The Labute approximate surface area is 97.2 Å². The van der Waals surface area contributed by atoms with Gasteiger partial charge < -0.3 is 5.32 Å². The summed E-state index contributed by atoms with van der Waals surface area (Å²) in [5, 5.41) is 2.27. The second-order valence-corrected chi connectivity index (χ2v) is 6.78. The predicted molar refractivity (Wildman–Crippen MR) is 60.9 cm³/mol. The molecule has 0 aliphatic carbocycles. The van der Waals surface area contributed by atoms with Crippen LogP contribution in [0.5, 0.6) is 0 Å². The van der Waals surface area contributed by atoms with Gasteiger partial charge in [-0.25, -0.2) is 8.42 Å². The average molecular weight is 268 g/mol. The van der Waals surface area contributed by atoms with Gasteiger partial charge in [-0.15, -0.1) is 11.3 Å². The zero-order valence-corrected chi connectivity index (χ0v) is 10.4. The van der Waals surface area contributed by atoms with Crippen LogP contribution in [0.15, 0.2) is 12.1 Å². The minimum atomic E-state index is -3.39. The third kappa shape index (κ3) is 4.19. The summed E-state index contributed by atoms with van der Waals surface area (Å²) in [7, 11) is -1.99. The minimum absolute atomic E-state index is 0.141. The Kier molecular flexibility index (Phi) is 4.12. The Morgan fingerprint density at radius 1 is 1.53 bits per heavy atom. The lowest BCUT2D eigenvalue weighted by Gasteiger charge is -2.01. The van der Waals surface area contributed by atoms with E-state index in [0.717, 1.165) is 0 Å². The molecule has 1 heterocycles. The molecule has 1 amide bonds. The first-order valence-corrected chi connectivity index (χ1v) is 7.10. The first-order chi connectivity index (χ1) is 6.93. The van der Waals surface area contributed by atoms with Crippen molar-refractivity contribution in [1.82, 2.24) is 5.32 Å². The molecular formula is C8H10ClNO3S2. The molecule has 84 valence electrons. The molecule has 0 atom stereocenters. The maximum atomic E-state index is 11.5. The highest BCUT2D eigenvalue weighted by molar-refractivity contribution is 7.91. The van der Waals surface area contributed by atoms with E-state index in [1.165, 1.54) is 18.4 Å². The van der Waals surface area contributed by atoms with E-state index in [1.807, 2.05) is 0 Å². The summed E-state index contributed by atoms with van der Waals surface area (Å²) in [6, 6.07) is 3.28. The standard InChI is InChI=1S/C8H10ClNO3S2/c1-10-8(11)5-15(12,13)4-6-2-3-7(9)14-6/h2-3H,4-5H2,1H3,(H,10,11). The van der Waals surface area contributed by atoms with Crippen molar-refractivity contribution in [3.8, 4) is 0 Å². The van der Waals surface area contributed by atoms with Crippen molar-refractivity contribution in [1.29, 1.82) is 0 Å². The molecule has 1 rings (SSSR count). The van der Waals surface area contributed by atoms with Crippen LogP contribution in [0.25, 0.3) is 0 Å². The van der Waals surface area contributed by atoms with E-state index in [-0.39, 0.29) is 5.75 Å². The smallest absolute Gasteiger partial charge is 0.234 e. The second-order valence-electron chi connectivity index (χ2n) is 2.91. The van der Waals surface area contributed by atoms with Crippen LogP contribution in [-0.2, 0) is 20.4 Å². The average Bonchev–Trinajstić information content (AvgIpc) is 2.49. The Morgan fingerprint density at radius 2 is 2.20 bits per heavy atom. The number of amides is 1. The number of carbonyl (C=O) groups excluding carboxylic acids is 1. The van der Waals surface area contributed by atoms with Gasteiger partial charge in [0.15, 0.2) is 9.84 Å². The molecule has 4 nitrogen and oxygen atoms in total. The Bertz CT molecular complexity index is 452. The first-order valence-electron chi connectivity index (χ1n) is 4.08. The quantitative estimate of drug-likeness (QED) is 0.887. The Hall–Kier alpha value is -0.590. The van der Waals surface area contributed by atoms with E-state index in [0.29, 0.717) is 9.21 Å². The highest BCUT2D eigenvalue weighted by atomic mass is 35.5. The number of halogens is 1. The van der Waals surface area contributed by atoms with Crippen LogP contribution in [0.2, 0.25) is 4.34 Å². The molecule has 15 heavy (non-hydrogen) atoms. The van der Waals surface area contributed by atoms with Gasteiger partial charge >= 0.3 is 0 Å². The van der Waals surface area contributed by atoms with Crippen molar-refractivity contribution in [3.05, 3.63) is 21.3 Å². The van der Waals surface area contributed by atoms with E-state index in [4.69, 9.17) is 11.6 Å². The summed E-state index contributed by atoms with van der Waals surface area (Å²) in [6.45, 7) is 0. The molecule has 7 heteroatoms. The lowest BCUT2D eigenvalue weighted by atomic mass is 10.5. The van der Waals surface area contributed by atoms with Gasteiger partial charge in [0.2, 0.25) is 5.91 Å². The highest BCUT2D eigenvalue weighted by Crippen LogP contribution is 2.23. The monoisotopic (exact) mass is 267 g/mol. The lowest BCUT2D eigenvalue weighted by Crippen LogP contribution is -2.27. The molecule has 0 aliphatic rings. The summed E-state index contributed by atoms with van der Waals surface area (Å²) >= 11 is 6.87. The van der Waals surface area contributed by atoms with Crippen LogP contribution in [0, 0.1) is 0 Å². The van der Waals surface area contributed by atoms with E-state index in [2.05, 4.69) is 5.32 Å². The van der Waals surface area contributed by atoms with Crippen molar-refractivity contribution in [2.45, 2.75) is 5.75 Å². The van der Waals surface area contributed by atoms with E-state index in [9.17, 15) is 13.2 Å². The van der Waals surface area contributed by atoms with Crippen molar-refractivity contribution < 1.29 is 13.2 Å². The first kappa shape index (κ1) is 12.5. The number of hydrogen-bond donors (Lipinski definition) is 1. The maximum Gasteiger partial charge on any atom is 0.234 e. The molecular weight excluding hydrogens is 258 g/mol. The fourth-order valence-corrected chi connectivity index (χ4v) is 3.80. The fourth-order valence-electron chi connectivity index (χ4n) is 0.969. The third-order valence-corrected chi connectivity index (χ3v) is 4.49. The number of rotatable bonds is 4. The lowest BCUT2D eigenvalue weighted by molar-refractivity contribution is -0.118. The van der Waals surface area contributed by atoms with Crippen LogP contribution in [0.3, 0.4) is 0 Å². The summed E-state index contributed by atoms with van der Waals surface area (Å²) in [5.41, 5.74) is 0. The van der Waals surface area contributed by atoms with Crippen molar-refractivity contribution in [2.24, 2.45) is 0 Å². The molecule has 0 unspecified atom stereocenters. The van der Waals surface area contributed by atoms with Gasteiger partial charge in [0, 0.05) is 11.9 Å². The van der Waals surface area contributed by atoms with E-state index < -0.39 is 21.5 Å². The number of nitrogens with one attached hydrogen (secondary N) is 1. The molecule has 0 fully saturated rings. The Balaban J connectivity index is 2.69. The normalized spacial score (nSPS) is 11.3. The Morgan fingerprint density at radius 3 is 2.67 bits per heavy atom. The van der Waals surface area contributed by atoms with Gasteiger partial charge in [-0.2, -0.15) is 0 Å². The van der Waals surface area contributed by atoms with Gasteiger partial charge in [0.25, 0.3) is 0 Å². The molecule has 0 bridgehead atoms. The number of carbonyl (C=O) groups is 1. The zero-order chi connectivity index (χ0) is 11.5. The molecule has 1 N–H and O–H groups in total. The van der Waals surface area contributed by atoms with Gasteiger partial charge in [-0.05, 0) is 12.1 Å². The molecule has 0 aliphatic heterocycles. The van der Waals surface area contributed by atoms with Crippen LogP contribution in [0.1, 0.15) is 4.88 Å². The van der Waals surface area contributed by atoms with Crippen molar-refractivity contribution in [2.75, 3.05) is 12.8 Å². The van der Waals surface area contributed by atoms with Crippen LogP contribution in [-0.4, -0.2) is 27.1 Å². The SMILES string of the molecule is CNC(=O)CS(=O)(=O)Cc1ccc(Cl)s1. The molecule has 1 aromatic heterocycles. The van der Waals surface area contributed by atoms with Crippen LogP contribution in [0.4, 0.5) is 0 Å². The summed E-state index contributed by atoms with van der Waals surface area (Å²) < 4.78 is 23.5. The molecule has 0 radical (unpaired) electrons. The zero-order valence-electron chi connectivity index (χ0n) is 7.99. The van der Waals surface area contributed by atoms with Crippen molar-refractivity contribution >= 4 is 38.7 Å². The van der Waals surface area contributed by atoms with Crippen LogP contribution < -0.4 is 5.32 Å². The number of sulfone groups is 1. The van der Waals surface area contributed by atoms with Gasteiger partial charge in [-0.1, -0.05) is 11.6 Å². The van der Waals surface area contributed by atoms with Crippen molar-refractivity contribution in [3.63, 3.8) is 0 Å². The molecule has 0 saturated heterocycles. The number of thiophene rings is 1. The van der Waals surface area contributed by atoms with E-state index in [1.54, 1.807) is 12.1 Å². The summed E-state index contributed by atoms with van der Waals surface area (Å²) in [5.74, 6) is -1.13. The molecule has 1 aromatic rings. The van der Waals surface area contributed by atoms with Gasteiger partial charge in [0.1, 0.15) is 5.75 Å². The maximum absolute atomic E-state index is 11.5. The predicted octanol–water partition coefficient (Wildman–Crippen LogP) is 1.06. The second kappa shape index (κ2) is 4.96.